The molecule has 34 heavy (non-hydrogen) atoms. The molecule has 9 heteroatoms. The van der Waals surface area contributed by atoms with Gasteiger partial charge in [-0.1, -0.05) is 41.4 Å². The molecule has 1 unspecified atom stereocenters. The molecule has 1 aliphatic heterocycles. The van der Waals surface area contributed by atoms with Gasteiger partial charge in [0, 0.05) is 18.3 Å². The molecule has 1 fully saturated rings. The van der Waals surface area contributed by atoms with Crippen LogP contribution >= 0.6 is 23.2 Å². The predicted octanol–water partition coefficient (Wildman–Crippen LogP) is 5.03. The van der Waals surface area contributed by atoms with Crippen molar-refractivity contribution in [2.45, 2.75) is 12.6 Å². The summed E-state index contributed by atoms with van der Waals surface area (Å²) >= 11 is 12.5. The first-order valence-corrected chi connectivity index (χ1v) is 11.0. The number of Topliss-reactive ketones (excluding diaryl/α,β-unsaturated/α-hetero) is 1. The molecular weight excluding hydrogens is 479 g/mol. The SMILES string of the molecule is COc1cccc(CN2C(=O)C(=O)/C(=C(/O)c3cc(Cl)c(OC)c(Cl)c3)C2c2ccccn2)c1. The summed E-state index contributed by atoms with van der Waals surface area (Å²) in [6.07, 6.45) is 1.56. The average molecular weight is 499 g/mol. The zero-order valence-corrected chi connectivity index (χ0v) is 19.8. The first-order chi connectivity index (χ1) is 16.3. The van der Waals surface area contributed by atoms with Crippen LogP contribution in [0.1, 0.15) is 22.9 Å². The summed E-state index contributed by atoms with van der Waals surface area (Å²) in [5.74, 6) is -1.15. The van der Waals surface area contributed by atoms with Gasteiger partial charge in [0.2, 0.25) is 0 Å². The van der Waals surface area contributed by atoms with Crippen LogP contribution in [0, 0.1) is 0 Å². The molecule has 0 bridgehead atoms. The van der Waals surface area contributed by atoms with Gasteiger partial charge in [-0.15, -0.1) is 0 Å². The molecule has 4 rings (SSSR count). The monoisotopic (exact) mass is 498 g/mol. The standard InChI is InChI=1S/C25H20Cl2N2O5/c1-33-16-7-5-6-14(10-16)13-29-21(19-8-3-4-9-28-19)20(23(31)25(29)32)22(30)15-11-17(26)24(34-2)18(27)12-15/h3-12,21,30H,13H2,1-2H3/b22-20+. The van der Waals surface area contributed by atoms with Gasteiger partial charge in [-0.3, -0.25) is 14.6 Å². The Labute approximate surface area is 206 Å². The van der Waals surface area contributed by atoms with Crippen molar-refractivity contribution >= 4 is 40.7 Å². The Hall–Kier alpha value is -3.55. The second-order valence-electron chi connectivity index (χ2n) is 7.51. The van der Waals surface area contributed by atoms with Gasteiger partial charge in [0.25, 0.3) is 11.7 Å². The minimum atomic E-state index is -0.924. The van der Waals surface area contributed by atoms with Gasteiger partial charge in [0.15, 0.2) is 5.75 Å². The summed E-state index contributed by atoms with van der Waals surface area (Å²) in [6, 6.07) is 14.3. The fourth-order valence-corrected chi connectivity index (χ4v) is 4.54. The van der Waals surface area contributed by atoms with Gasteiger partial charge in [0.05, 0.1) is 35.5 Å². The number of methoxy groups -OCH3 is 2. The summed E-state index contributed by atoms with van der Waals surface area (Å²) in [4.78, 5) is 32.0. The molecule has 2 heterocycles. The number of rotatable bonds is 6. The third-order valence-electron chi connectivity index (χ3n) is 5.47. The zero-order valence-electron chi connectivity index (χ0n) is 18.3. The van der Waals surface area contributed by atoms with Crippen LogP contribution in [0.15, 0.2) is 66.4 Å². The predicted molar refractivity (Wildman–Crippen MR) is 128 cm³/mol. The Bertz CT molecular complexity index is 1270. The van der Waals surface area contributed by atoms with Gasteiger partial charge in [-0.25, -0.2) is 0 Å². The second kappa shape index (κ2) is 9.75. The van der Waals surface area contributed by atoms with Crippen molar-refractivity contribution in [3.8, 4) is 11.5 Å². The molecule has 1 atom stereocenters. The van der Waals surface area contributed by atoms with E-state index in [4.69, 9.17) is 32.7 Å². The number of pyridine rings is 1. The van der Waals surface area contributed by atoms with Crippen molar-refractivity contribution in [2.24, 2.45) is 0 Å². The topological polar surface area (TPSA) is 89.0 Å². The Balaban J connectivity index is 1.86. The largest absolute Gasteiger partial charge is 0.507 e. The number of ether oxygens (including phenoxy) is 2. The quantitative estimate of drug-likeness (QED) is 0.291. The summed E-state index contributed by atoms with van der Waals surface area (Å²) in [5.41, 5.74) is 1.24. The molecule has 0 spiro atoms. The van der Waals surface area contributed by atoms with Crippen molar-refractivity contribution in [3.05, 3.63) is 93.2 Å². The highest BCUT2D eigenvalue weighted by atomic mass is 35.5. The number of likely N-dealkylation sites (tertiary alicyclic amines) is 1. The minimum Gasteiger partial charge on any atom is -0.507 e. The number of halogens is 2. The number of aliphatic hydroxyl groups excluding tert-OH is 1. The molecule has 1 N–H and O–H groups in total. The van der Waals surface area contributed by atoms with Gasteiger partial charge < -0.3 is 19.5 Å². The molecule has 3 aromatic rings. The molecule has 1 saturated heterocycles. The Morgan fingerprint density at radius 3 is 2.38 bits per heavy atom. The molecule has 1 aliphatic rings. The van der Waals surface area contributed by atoms with Crippen molar-refractivity contribution in [2.75, 3.05) is 14.2 Å². The number of ketones is 1. The number of aromatic nitrogens is 1. The van der Waals surface area contributed by atoms with E-state index in [1.807, 2.05) is 6.07 Å². The summed E-state index contributed by atoms with van der Waals surface area (Å²) in [7, 11) is 2.96. The van der Waals surface area contributed by atoms with Crippen molar-refractivity contribution < 1.29 is 24.2 Å². The van der Waals surface area contributed by atoms with E-state index in [-0.39, 0.29) is 33.5 Å². The van der Waals surface area contributed by atoms with Crippen molar-refractivity contribution in [1.82, 2.24) is 9.88 Å². The lowest BCUT2D eigenvalue weighted by atomic mass is 9.98. The highest BCUT2D eigenvalue weighted by Gasteiger charge is 2.46. The fraction of sp³-hybridized carbons (Fsp3) is 0.160. The molecule has 0 saturated carbocycles. The zero-order chi connectivity index (χ0) is 24.4. The number of carbonyl (C=O) groups excluding carboxylic acids is 2. The molecular formula is C25H20Cl2N2O5. The van der Waals surface area contributed by atoms with Crippen LogP contribution in [0.4, 0.5) is 0 Å². The average Bonchev–Trinajstić information content (AvgIpc) is 3.09. The van der Waals surface area contributed by atoms with Crippen LogP contribution in [0.25, 0.3) is 5.76 Å². The van der Waals surface area contributed by atoms with E-state index >= 15 is 0 Å². The van der Waals surface area contributed by atoms with Crippen LogP contribution in [0.3, 0.4) is 0 Å². The minimum absolute atomic E-state index is 0.101. The number of amides is 1. The molecule has 2 aromatic carbocycles. The van der Waals surface area contributed by atoms with E-state index in [0.29, 0.717) is 11.4 Å². The van der Waals surface area contributed by atoms with Crippen molar-refractivity contribution in [1.29, 1.82) is 0 Å². The molecule has 174 valence electrons. The number of carbonyl (C=O) groups is 2. The normalized spacial score (nSPS) is 17.2. The van der Waals surface area contributed by atoms with Crippen LogP contribution in [-0.2, 0) is 16.1 Å². The van der Waals surface area contributed by atoms with E-state index in [1.54, 1.807) is 49.7 Å². The molecule has 0 aliphatic carbocycles. The number of benzene rings is 2. The van der Waals surface area contributed by atoms with E-state index in [2.05, 4.69) is 4.98 Å². The maximum Gasteiger partial charge on any atom is 0.296 e. The maximum absolute atomic E-state index is 13.2. The van der Waals surface area contributed by atoms with Crippen molar-refractivity contribution in [3.63, 3.8) is 0 Å². The second-order valence-corrected chi connectivity index (χ2v) is 8.32. The van der Waals surface area contributed by atoms with Crippen LogP contribution in [-0.4, -0.2) is 40.9 Å². The molecule has 0 radical (unpaired) electrons. The van der Waals surface area contributed by atoms with E-state index < -0.39 is 23.5 Å². The lowest BCUT2D eigenvalue weighted by molar-refractivity contribution is -0.140. The Morgan fingerprint density at radius 1 is 1.03 bits per heavy atom. The lowest BCUT2D eigenvalue weighted by Crippen LogP contribution is -2.29. The smallest absolute Gasteiger partial charge is 0.296 e. The van der Waals surface area contributed by atoms with Gasteiger partial charge in [-0.05, 0) is 42.0 Å². The maximum atomic E-state index is 13.2. The van der Waals surface area contributed by atoms with Gasteiger partial charge in [-0.2, -0.15) is 0 Å². The molecule has 7 nitrogen and oxygen atoms in total. The molecule has 1 amide bonds. The highest BCUT2D eigenvalue weighted by molar-refractivity contribution is 6.46. The number of aliphatic hydroxyl groups is 1. The molecule has 1 aromatic heterocycles. The van der Waals surface area contributed by atoms with E-state index in [0.717, 1.165) is 5.56 Å². The van der Waals surface area contributed by atoms with Gasteiger partial charge >= 0.3 is 0 Å². The Kier molecular flexibility index (Phi) is 6.77. The first-order valence-electron chi connectivity index (χ1n) is 10.2. The summed E-state index contributed by atoms with van der Waals surface area (Å²) in [6.45, 7) is 0.101. The van der Waals surface area contributed by atoms with E-state index in [1.165, 1.54) is 24.1 Å². The third-order valence-corrected chi connectivity index (χ3v) is 6.03. The Morgan fingerprint density at radius 2 is 1.76 bits per heavy atom. The fourth-order valence-electron chi connectivity index (χ4n) is 3.90. The number of hydrogen-bond donors (Lipinski definition) is 1. The lowest BCUT2D eigenvalue weighted by Gasteiger charge is -2.24. The number of nitrogens with zero attached hydrogens (tertiary/aromatic N) is 2. The van der Waals surface area contributed by atoms with Gasteiger partial charge in [0.1, 0.15) is 17.6 Å². The van der Waals surface area contributed by atoms with Crippen LogP contribution < -0.4 is 9.47 Å². The van der Waals surface area contributed by atoms with Crippen LogP contribution in [0.2, 0.25) is 10.0 Å². The number of hydrogen-bond acceptors (Lipinski definition) is 6. The summed E-state index contributed by atoms with van der Waals surface area (Å²) < 4.78 is 10.4. The summed E-state index contributed by atoms with van der Waals surface area (Å²) in [5, 5.41) is 11.5. The first kappa shape index (κ1) is 23.6. The highest BCUT2D eigenvalue weighted by Crippen LogP contribution is 2.42. The van der Waals surface area contributed by atoms with Crippen LogP contribution in [0.5, 0.6) is 11.5 Å². The van der Waals surface area contributed by atoms with E-state index in [9.17, 15) is 14.7 Å². The third kappa shape index (κ3) is 4.32.